The molecule has 3 N–H and O–H groups in total. The zero-order valence-corrected chi connectivity index (χ0v) is 9.88. The predicted molar refractivity (Wildman–Crippen MR) is 61.5 cm³/mol. The Bertz CT molecular complexity index is 120. The lowest BCUT2D eigenvalue weighted by Crippen LogP contribution is -2.40. The molecule has 0 rings (SSSR count). The molecule has 0 saturated heterocycles. The molecule has 3 nitrogen and oxygen atoms in total. The topological polar surface area (TPSA) is 47.3 Å². The monoisotopic (exact) mass is 202 g/mol. The Labute approximate surface area is 88.4 Å². The van der Waals surface area contributed by atoms with Gasteiger partial charge in [-0.15, -0.1) is 0 Å². The highest BCUT2D eigenvalue weighted by Crippen LogP contribution is 2.02. The summed E-state index contributed by atoms with van der Waals surface area (Å²) < 4.78 is 4.97. The van der Waals surface area contributed by atoms with E-state index >= 15 is 0 Å². The first-order valence-corrected chi connectivity index (χ1v) is 5.68. The van der Waals surface area contributed by atoms with E-state index in [4.69, 9.17) is 10.5 Å². The Morgan fingerprint density at radius 1 is 1.36 bits per heavy atom. The Morgan fingerprint density at radius 2 is 2.07 bits per heavy atom. The fraction of sp³-hybridized carbons (Fsp3) is 1.00. The smallest absolute Gasteiger partial charge is 0.0626 e. The third-order valence-corrected chi connectivity index (χ3v) is 2.35. The van der Waals surface area contributed by atoms with Gasteiger partial charge < -0.3 is 15.8 Å². The van der Waals surface area contributed by atoms with Crippen LogP contribution in [0.15, 0.2) is 0 Å². The molecule has 3 heteroatoms. The predicted octanol–water partition coefficient (Wildman–Crippen LogP) is 1.52. The van der Waals surface area contributed by atoms with Gasteiger partial charge in [-0.25, -0.2) is 0 Å². The molecule has 0 saturated carbocycles. The van der Waals surface area contributed by atoms with Gasteiger partial charge in [0, 0.05) is 25.7 Å². The van der Waals surface area contributed by atoms with Crippen molar-refractivity contribution in [2.24, 2.45) is 5.73 Å². The molecule has 0 bridgehead atoms. The van der Waals surface area contributed by atoms with Crippen LogP contribution in [0.2, 0.25) is 0 Å². The summed E-state index contributed by atoms with van der Waals surface area (Å²) in [4.78, 5) is 0. The standard InChI is InChI=1S/C11H26N2O/c1-4-5-6-7-10(2)13-8-11(12)9-14-3/h10-11,13H,4-9,12H2,1-3H3. The van der Waals surface area contributed by atoms with E-state index in [-0.39, 0.29) is 6.04 Å². The minimum atomic E-state index is 0.119. The van der Waals surface area contributed by atoms with Crippen LogP contribution in [0, 0.1) is 0 Å². The van der Waals surface area contributed by atoms with Gasteiger partial charge in [0.15, 0.2) is 0 Å². The molecule has 0 heterocycles. The summed E-state index contributed by atoms with van der Waals surface area (Å²) in [5, 5.41) is 3.42. The number of rotatable bonds is 9. The number of hydrogen-bond donors (Lipinski definition) is 2. The molecule has 0 aromatic rings. The number of ether oxygens (including phenoxy) is 1. The Hall–Kier alpha value is -0.120. The first-order chi connectivity index (χ1) is 6.70. The van der Waals surface area contributed by atoms with Crippen molar-refractivity contribution in [3.05, 3.63) is 0 Å². The van der Waals surface area contributed by atoms with Gasteiger partial charge in [0.05, 0.1) is 6.61 Å². The van der Waals surface area contributed by atoms with Crippen LogP contribution in [0.3, 0.4) is 0 Å². The third-order valence-electron chi connectivity index (χ3n) is 2.35. The largest absolute Gasteiger partial charge is 0.383 e. The molecular formula is C11H26N2O. The average Bonchev–Trinajstić information content (AvgIpc) is 2.16. The molecule has 0 aliphatic heterocycles. The Balaban J connectivity index is 3.29. The van der Waals surface area contributed by atoms with E-state index in [0.29, 0.717) is 12.6 Å². The second-order valence-electron chi connectivity index (χ2n) is 4.02. The summed E-state index contributed by atoms with van der Waals surface area (Å²) in [6, 6.07) is 0.693. The molecule has 14 heavy (non-hydrogen) atoms. The number of methoxy groups -OCH3 is 1. The summed E-state index contributed by atoms with van der Waals surface area (Å²) in [5.41, 5.74) is 5.80. The van der Waals surface area contributed by atoms with Gasteiger partial charge in [0.1, 0.15) is 0 Å². The molecule has 0 spiro atoms. The number of nitrogens with one attached hydrogen (secondary N) is 1. The normalized spacial score (nSPS) is 15.4. The second-order valence-corrected chi connectivity index (χ2v) is 4.02. The zero-order chi connectivity index (χ0) is 10.8. The van der Waals surface area contributed by atoms with Gasteiger partial charge in [0.2, 0.25) is 0 Å². The fourth-order valence-electron chi connectivity index (χ4n) is 1.43. The van der Waals surface area contributed by atoms with E-state index < -0.39 is 0 Å². The third kappa shape index (κ3) is 8.48. The summed E-state index contributed by atoms with van der Waals surface area (Å²) in [6.45, 7) is 5.93. The number of unbranched alkanes of at least 4 members (excludes halogenated alkanes) is 2. The molecular weight excluding hydrogens is 176 g/mol. The maximum atomic E-state index is 5.80. The van der Waals surface area contributed by atoms with Gasteiger partial charge in [-0.1, -0.05) is 26.2 Å². The summed E-state index contributed by atoms with van der Waals surface area (Å²) in [7, 11) is 1.69. The highest BCUT2D eigenvalue weighted by atomic mass is 16.5. The zero-order valence-electron chi connectivity index (χ0n) is 9.88. The van der Waals surface area contributed by atoms with E-state index in [0.717, 1.165) is 6.54 Å². The highest BCUT2D eigenvalue weighted by Gasteiger charge is 2.04. The molecule has 2 atom stereocenters. The molecule has 0 aromatic carbocycles. The summed E-state index contributed by atoms with van der Waals surface area (Å²) >= 11 is 0. The molecule has 0 amide bonds. The van der Waals surface area contributed by atoms with Crippen LogP contribution in [-0.4, -0.2) is 32.3 Å². The van der Waals surface area contributed by atoms with Crippen molar-refractivity contribution in [1.82, 2.24) is 5.32 Å². The second kappa shape index (κ2) is 9.44. The quantitative estimate of drug-likeness (QED) is 0.557. The van der Waals surface area contributed by atoms with Crippen LogP contribution >= 0.6 is 0 Å². The van der Waals surface area contributed by atoms with Crippen LogP contribution < -0.4 is 11.1 Å². The molecule has 86 valence electrons. The van der Waals surface area contributed by atoms with Crippen molar-refractivity contribution in [2.75, 3.05) is 20.3 Å². The lowest BCUT2D eigenvalue weighted by Gasteiger charge is -2.17. The molecule has 0 fully saturated rings. The van der Waals surface area contributed by atoms with Gasteiger partial charge >= 0.3 is 0 Å². The first kappa shape index (κ1) is 13.9. The molecule has 0 aliphatic rings. The van der Waals surface area contributed by atoms with Crippen molar-refractivity contribution in [3.63, 3.8) is 0 Å². The Morgan fingerprint density at radius 3 is 2.64 bits per heavy atom. The first-order valence-electron chi connectivity index (χ1n) is 5.68. The molecule has 0 radical (unpaired) electrons. The molecule has 0 aromatic heterocycles. The minimum Gasteiger partial charge on any atom is -0.383 e. The van der Waals surface area contributed by atoms with Crippen LogP contribution in [-0.2, 0) is 4.74 Å². The van der Waals surface area contributed by atoms with Crippen LogP contribution in [0.5, 0.6) is 0 Å². The SMILES string of the molecule is CCCCCC(C)NCC(N)COC. The summed E-state index contributed by atoms with van der Waals surface area (Å²) in [5.74, 6) is 0. The number of nitrogens with two attached hydrogens (primary N) is 1. The van der Waals surface area contributed by atoms with Gasteiger partial charge in [-0.3, -0.25) is 0 Å². The maximum absolute atomic E-state index is 5.80. The van der Waals surface area contributed by atoms with Crippen LogP contribution in [0.4, 0.5) is 0 Å². The van der Waals surface area contributed by atoms with Crippen molar-refractivity contribution in [3.8, 4) is 0 Å². The van der Waals surface area contributed by atoms with E-state index in [1.807, 2.05) is 0 Å². The molecule has 2 unspecified atom stereocenters. The van der Waals surface area contributed by atoms with Gasteiger partial charge in [-0.2, -0.15) is 0 Å². The molecule has 0 aliphatic carbocycles. The van der Waals surface area contributed by atoms with Gasteiger partial charge in [-0.05, 0) is 13.3 Å². The van der Waals surface area contributed by atoms with Crippen molar-refractivity contribution < 1.29 is 4.74 Å². The van der Waals surface area contributed by atoms with E-state index in [9.17, 15) is 0 Å². The maximum Gasteiger partial charge on any atom is 0.0626 e. The lowest BCUT2D eigenvalue weighted by molar-refractivity contribution is 0.177. The van der Waals surface area contributed by atoms with Crippen molar-refractivity contribution in [1.29, 1.82) is 0 Å². The van der Waals surface area contributed by atoms with E-state index in [1.54, 1.807) is 7.11 Å². The summed E-state index contributed by atoms with van der Waals surface area (Å²) in [6.07, 6.45) is 5.17. The fourth-order valence-corrected chi connectivity index (χ4v) is 1.43. The lowest BCUT2D eigenvalue weighted by atomic mass is 10.1. The van der Waals surface area contributed by atoms with Gasteiger partial charge in [0.25, 0.3) is 0 Å². The van der Waals surface area contributed by atoms with E-state index in [2.05, 4.69) is 19.2 Å². The highest BCUT2D eigenvalue weighted by molar-refractivity contribution is 4.67. The van der Waals surface area contributed by atoms with Crippen LogP contribution in [0.25, 0.3) is 0 Å². The number of hydrogen-bond acceptors (Lipinski definition) is 3. The van der Waals surface area contributed by atoms with Crippen molar-refractivity contribution >= 4 is 0 Å². The van der Waals surface area contributed by atoms with Crippen LogP contribution in [0.1, 0.15) is 39.5 Å². The Kier molecular flexibility index (Phi) is 9.35. The van der Waals surface area contributed by atoms with Crippen molar-refractivity contribution in [2.45, 2.75) is 51.6 Å². The van der Waals surface area contributed by atoms with E-state index in [1.165, 1.54) is 25.7 Å². The minimum absolute atomic E-state index is 0.119. The average molecular weight is 202 g/mol.